The van der Waals surface area contributed by atoms with Gasteiger partial charge >= 0.3 is 6.03 Å². The van der Waals surface area contributed by atoms with Crippen molar-refractivity contribution in [3.05, 3.63) is 101 Å². The molecule has 3 aromatic carbocycles. The molecule has 5 rings (SSSR count). The van der Waals surface area contributed by atoms with Crippen molar-refractivity contribution in [1.29, 1.82) is 0 Å². The van der Waals surface area contributed by atoms with E-state index in [1.165, 1.54) is 12.1 Å². The predicted molar refractivity (Wildman–Crippen MR) is 150 cm³/mol. The average molecular weight is 547 g/mol. The molecule has 9 heteroatoms. The van der Waals surface area contributed by atoms with Crippen LogP contribution in [0.15, 0.2) is 78.9 Å². The number of carbonyl (C=O) groups excluding carboxylic acids is 2. The SMILES string of the molecule is COc1ccc(NC(=O)N2CCN(C(=O)c3cc(-c4ccc(Cl)cc4)n(-c4cccc(F)c4)c3C)CC2)cc1. The first kappa shape index (κ1) is 26.3. The number of hydrogen-bond donors (Lipinski definition) is 1. The Morgan fingerprint density at radius 2 is 1.56 bits per heavy atom. The molecule has 4 aromatic rings. The largest absolute Gasteiger partial charge is 0.497 e. The summed E-state index contributed by atoms with van der Waals surface area (Å²) in [5, 5.41) is 3.49. The maximum atomic E-state index is 14.2. The zero-order valence-electron chi connectivity index (χ0n) is 21.7. The van der Waals surface area contributed by atoms with Gasteiger partial charge in [0.15, 0.2) is 0 Å². The summed E-state index contributed by atoms with van der Waals surface area (Å²) < 4.78 is 21.2. The van der Waals surface area contributed by atoms with E-state index < -0.39 is 0 Å². The third-order valence-corrected chi connectivity index (χ3v) is 7.13. The monoisotopic (exact) mass is 546 g/mol. The maximum Gasteiger partial charge on any atom is 0.321 e. The first-order valence-corrected chi connectivity index (χ1v) is 13.0. The molecule has 1 aliphatic rings. The van der Waals surface area contributed by atoms with Crippen LogP contribution in [0.5, 0.6) is 5.75 Å². The van der Waals surface area contributed by atoms with Gasteiger partial charge in [0.1, 0.15) is 11.6 Å². The first-order chi connectivity index (χ1) is 18.8. The standard InChI is InChI=1S/C30H28ClFN4O3/c1-20-27(19-28(21-6-8-22(31)9-7-21)36(20)25-5-3-4-23(32)18-25)29(37)34-14-16-35(17-15-34)30(38)33-24-10-12-26(39-2)13-11-24/h3-13,18-19H,14-17H2,1-2H3,(H,33,38). The molecule has 0 atom stereocenters. The van der Waals surface area contributed by atoms with E-state index in [-0.39, 0.29) is 17.8 Å². The van der Waals surface area contributed by atoms with Gasteiger partial charge in [0.2, 0.25) is 0 Å². The third-order valence-electron chi connectivity index (χ3n) is 6.88. The Bertz CT molecular complexity index is 1490. The van der Waals surface area contributed by atoms with Crippen LogP contribution in [0.2, 0.25) is 5.02 Å². The summed E-state index contributed by atoms with van der Waals surface area (Å²) in [4.78, 5) is 29.9. The molecule has 0 unspecified atom stereocenters. The molecular weight excluding hydrogens is 519 g/mol. The highest BCUT2D eigenvalue weighted by atomic mass is 35.5. The summed E-state index contributed by atoms with van der Waals surface area (Å²) in [5.74, 6) is 0.216. The minimum Gasteiger partial charge on any atom is -0.497 e. The van der Waals surface area contributed by atoms with E-state index in [9.17, 15) is 14.0 Å². The lowest BCUT2D eigenvalue weighted by atomic mass is 10.1. The lowest BCUT2D eigenvalue weighted by Crippen LogP contribution is -2.51. The van der Waals surface area contributed by atoms with E-state index in [0.29, 0.717) is 59.6 Å². The van der Waals surface area contributed by atoms with E-state index in [1.807, 2.05) is 35.8 Å². The van der Waals surface area contributed by atoms with Gasteiger partial charge in [-0.3, -0.25) is 4.79 Å². The van der Waals surface area contributed by atoms with Crippen LogP contribution in [0.1, 0.15) is 16.1 Å². The highest BCUT2D eigenvalue weighted by molar-refractivity contribution is 6.30. The Kier molecular flexibility index (Phi) is 7.56. The van der Waals surface area contributed by atoms with Gasteiger partial charge in [0, 0.05) is 48.3 Å². The lowest BCUT2D eigenvalue weighted by molar-refractivity contribution is 0.0671. The van der Waals surface area contributed by atoms with Crippen LogP contribution >= 0.6 is 11.6 Å². The van der Waals surface area contributed by atoms with E-state index in [2.05, 4.69) is 5.32 Å². The first-order valence-electron chi connectivity index (χ1n) is 12.6. The number of nitrogens with zero attached hydrogens (tertiary/aromatic N) is 3. The van der Waals surface area contributed by atoms with Gasteiger partial charge in [0.05, 0.1) is 18.4 Å². The number of rotatable bonds is 5. The summed E-state index contributed by atoms with van der Waals surface area (Å²) >= 11 is 6.10. The van der Waals surface area contributed by atoms with Crippen LogP contribution in [0.4, 0.5) is 14.9 Å². The third kappa shape index (κ3) is 5.61. The number of carbonyl (C=O) groups is 2. The van der Waals surface area contributed by atoms with Crippen molar-refractivity contribution in [1.82, 2.24) is 14.4 Å². The van der Waals surface area contributed by atoms with Crippen molar-refractivity contribution >= 4 is 29.2 Å². The summed E-state index contributed by atoms with van der Waals surface area (Å²) in [6, 6.07) is 22.4. The molecule has 0 bridgehead atoms. The van der Waals surface area contributed by atoms with Crippen molar-refractivity contribution in [2.75, 3.05) is 38.6 Å². The quantitative estimate of drug-likeness (QED) is 0.322. The van der Waals surface area contributed by atoms with Crippen molar-refractivity contribution in [3.8, 4) is 22.7 Å². The van der Waals surface area contributed by atoms with Crippen LogP contribution in [0, 0.1) is 12.7 Å². The van der Waals surface area contributed by atoms with E-state index in [4.69, 9.17) is 16.3 Å². The zero-order valence-corrected chi connectivity index (χ0v) is 22.4. The molecule has 1 saturated heterocycles. The lowest BCUT2D eigenvalue weighted by Gasteiger charge is -2.34. The van der Waals surface area contributed by atoms with Crippen LogP contribution < -0.4 is 10.1 Å². The molecule has 0 aliphatic carbocycles. The van der Waals surface area contributed by atoms with Crippen LogP contribution in [-0.2, 0) is 0 Å². The number of benzene rings is 3. The fourth-order valence-electron chi connectivity index (χ4n) is 4.76. The molecule has 1 aromatic heterocycles. The summed E-state index contributed by atoms with van der Waals surface area (Å²) in [7, 11) is 1.59. The number of piperazine rings is 1. The Labute approximate surface area is 231 Å². The molecule has 2 heterocycles. The number of urea groups is 1. The topological polar surface area (TPSA) is 66.8 Å². The Balaban J connectivity index is 1.34. The van der Waals surface area contributed by atoms with Crippen LogP contribution in [0.25, 0.3) is 16.9 Å². The van der Waals surface area contributed by atoms with E-state index >= 15 is 0 Å². The average Bonchev–Trinajstić information content (AvgIpc) is 3.30. The van der Waals surface area contributed by atoms with Crippen LogP contribution in [-0.4, -0.2) is 59.6 Å². The number of amides is 3. The minimum atomic E-state index is -0.362. The zero-order chi connectivity index (χ0) is 27.5. The maximum absolute atomic E-state index is 14.2. The molecule has 0 spiro atoms. The van der Waals surface area contributed by atoms with E-state index in [1.54, 1.807) is 59.4 Å². The second kappa shape index (κ2) is 11.2. The number of hydrogen-bond acceptors (Lipinski definition) is 3. The van der Waals surface area contributed by atoms with Gasteiger partial charge in [-0.1, -0.05) is 29.8 Å². The Hall–Kier alpha value is -4.30. The van der Waals surface area contributed by atoms with Crippen molar-refractivity contribution in [2.24, 2.45) is 0 Å². The van der Waals surface area contributed by atoms with Crippen molar-refractivity contribution < 1.29 is 18.7 Å². The van der Waals surface area contributed by atoms with Gasteiger partial charge in [-0.05, 0) is 73.2 Å². The van der Waals surface area contributed by atoms with Gasteiger partial charge in [-0.15, -0.1) is 0 Å². The molecular formula is C30H28ClFN4O3. The molecule has 200 valence electrons. The second-order valence-corrected chi connectivity index (χ2v) is 9.73. The molecule has 0 radical (unpaired) electrons. The van der Waals surface area contributed by atoms with Gasteiger partial charge in [-0.25, -0.2) is 9.18 Å². The minimum absolute atomic E-state index is 0.131. The highest BCUT2D eigenvalue weighted by Crippen LogP contribution is 2.31. The molecule has 39 heavy (non-hydrogen) atoms. The number of anilines is 1. The smallest absolute Gasteiger partial charge is 0.321 e. The molecule has 3 amide bonds. The fraction of sp³-hybridized carbons (Fsp3) is 0.200. The van der Waals surface area contributed by atoms with Crippen molar-refractivity contribution in [2.45, 2.75) is 6.92 Å². The van der Waals surface area contributed by atoms with Crippen LogP contribution in [0.3, 0.4) is 0 Å². The number of aromatic nitrogens is 1. The summed E-state index contributed by atoms with van der Waals surface area (Å²) in [5.41, 5.74) is 4.14. The van der Waals surface area contributed by atoms with Gasteiger partial charge in [0.25, 0.3) is 5.91 Å². The van der Waals surface area contributed by atoms with Gasteiger partial charge in [-0.2, -0.15) is 0 Å². The Morgan fingerprint density at radius 1 is 0.897 bits per heavy atom. The highest BCUT2D eigenvalue weighted by Gasteiger charge is 2.28. The van der Waals surface area contributed by atoms with Gasteiger partial charge < -0.3 is 24.4 Å². The number of ether oxygens (including phenoxy) is 1. The van der Waals surface area contributed by atoms with E-state index in [0.717, 1.165) is 11.3 Å². The number of halogens is 2. The Morgan fingerprint density at radius 3 is 2.21 bits per heavy atom. The molecule has 1 N–H and O–H groups in total. The molecule has 7 nitrogen and oxygen atoms in total. The summed E-state index contributed by atoms with van der Waals surface area (Å²) in [6.07, 6.45) is 0. The molecule has 1 aliphatic heterocycles. The summed E-state index contributed by atoms with van der Waals surface area (Å²) in [6.45, 7) is 3.46. The fourth-order valence-corrected chi connectivity index (χ4v) is 4.89. The normalized spacial score (nSPS) is 13.3. The molecule has 0 saturated carbocycles. The number of nitrogens with one attached hydrogen (secondary N) is 1. The second-order valence-electron chi connectivity index (χ2n) is 9.29. The molecule has 1 fully saturated rings. The predicted octanol–water partition coefficient (Wildman–Crippen LogP) is 6.24. The van der Waals surface area contributed by atoms with Crippen molar-refractivity contribution in [3.63, 3.8) is 0 Å². The number of methoxy groups -OCH3 is 1.